The number of anilines is 1. The molecular formula is C25H26N2O6S2. The van der Waals surface area contributed by atoms with Crippen molar-refractivity contribution >= 4 is 37.3 Å². The topological polar surface area (TPSA) is 133 Å². The lowest BCUT2D eigenvalue weighted by Gasteiger charge is -2.20. The monoisotopic (exact) mass is 514 g/mol. The average Bonchev–Trinajstić information content (AvgIpc) is 3.15. The molecule has 0 unspecified atom stereocenters. The molecule has 2 aromatic carbocycles. The molecule has 0 saturated carbocycles. The first-order chi connectivity index (χ1) is 16.1. The first-order valence-corrected chi connectivity index (χ1v) is 13.7. The van der Waals surface area contributed by atoms with Gasteiger partial charge in [0.05, 0.1) is 21.2 Å². The third-order valence-electron chi connectivity index (χ3n) is 6.46. The quantitative estimate of drug-likeness (QED) is 0.380. The fourth-order valence-corrected chi connectivity index (χ4v) is 5.31. The van der Waals surface area contributed by atoms with Gasteiger partial charge in [0.15, 0.2) is 0 Å². The van der Waals surface area contributed by atoms with Crippen molar-refractivity contribution in [1.82, 2.24) is 0 Å². The summed E-state index contributed by atoms with van der Waals surface area (Å²) in [5.41, 5.74) is 3.52. The van der Waals surface area contributed by atoms with E-state index in [4.69, 9.17) is 0 Å². The zero-order chi connectivity index (χ0) is 25.8. The molecule has 10 heteroatoms. The Bertz CT molecular complexity index is 1560. The number of nitrogens with one attached hydrogen (secondary N) is 1. The third kappa shape index (κ3) is 4.62. The van der Waals surface area contributed by atoms with Crippen LogP contribution < -0.4 is 5.32 Å². The maximum atomic E-state index is 11.5. The lowest BCUT2D eigenvalue weighted by Crippen LogP contribution is -2.24. The van der Waals surface area contributed by atoms with E-state index in [0.717, 1.165) is 28.2 Å². The van der Waals surface area contributed by atoms with E-state index in [2.05, 4.69) is 10.3 Å². The molecule has 0 amide bonds. The van der Waals surface area contributed by atoms with E-state index in [1.54, 1.807) is 12.1 Å². The second-order valence-corrected chi connectivity index (χ2v) is 12.4. The maximum Gasteiger partial charge on any atom is 0.294 e. The summed E-state index contributed by atoms with van der Waals surface area (Å²) in [4.78, 5) is 4.30. The van der Waals surface area contributed by atoms with Gasteiger partial charge in [-0.15, -0.1) is 0 Å². The number of rotatable bonds is 5. The lowest BCUT2D eigenvalue weighted by atomic mass is 9.81. The molecule has 0 bridgehead atoms. The molecule has 8 nitrogen and oxygen atoms in total. The minimum Gasteiger partial charge on any atom is -0.358 e. The van der Waals surface area contributed by atoms with Crippen molar-refractivity contribution in [2.45, 2.75) is 48.3 Å². The Morgan fingerprint density at radius 1 is 0.800 bits per heavy atom. The molecule has 4 rings (SSSR count). The summed E-state index contributed by atoms with van der Waals surface area (Å²) < 4.78 is 64.7. The Hall–Kier alpha value is -3.05. The highest BCUT2D eigenvalue weighted by Crippen LogP contribution is 2.44. The number of benzene rings is 2. The minimum atomic E-state index is -4.30. The van der Waals surface area contributed by atoms with Gasteiger partial charge in [-0.2, -0.15) is 16.8 Å². The van der Waals surface area contributed by atoms with Crippen LogP contribution in [-0.2, 0) is 31.1 Å². The van der Waals surface area contributed by atoms with Crippen molar-refractivity contribution in [2.24, 2.45) is 4.99 Å². The summed E-state index contributed by atoms with van der Waals surface area (Å²) in [5, 5.41) is 3.29. The maximum absolute atomic E-state index is 11.5. The molecule has 0 spiro atoms. The predicted octanol–water partition coefficient (Wildman–Crippen LogP) is 4.94. The van der Waals surface area contributed by atoms with Gasteiger partial charge in [0.2, 0.25) is 0 Å². The highest BCUT2D eigenvalue weighted by Gasteiger charge is 2.36. The summed E-state index contributed by atoms with van der Waals surface area (Å²) >= 11 is 0. The smallest absolute Gasteiger partial charge is 0.294 e. The van der Waals surface area contributed by atoms with Gasteiger partial charge in [0.25, 0.3) is 20.2 Å². The van der Waals surface area contributed by atoms with Crippen LogP contribution in [0.2, 0.25) is 0 Å². The number of fused-ring (bicyclic) bond motifs is 2. The van der Waals surface area contributed by atoms with E-state index in [-0.39, 0.29) is 9.79 Å². The summed E-state index contributed by atoms with van der Waals surface area (Å²) in [6.45, 7) is 7.79. The summed E-state index contributed by atoms with van der Waals surface area (Å²) in [6.07, 6.45) is 9.26. The number of allylic oxidation sites excluding steroid dienone is 6. The van der Waals surface area contributed by atoms with Crippen LogP contribution in [0.25, 0.3) is 0 Å². The minimum absolute atomic E-state index is 0.143. The van der Waals surface area contributed by atoms with Crippen molar-refractivity contribution in [1.29, 1.82) is 0 Å². The van der Waals surface area contributed by atoms with Gasteiger partial charge in [-0.3, -0.25) is 14.1 Å². The highest BCUT2D eigenvalue weighted by molar-refractivity contribution is 7.86. The molecule has 0 radical (unpaired) electrons. The fourth-order valence-electron chi connectivity index (χ4n) is 4.30. The Morgan fingerprint density at radius 2 is 1.40 bits per heavy atom. The SMILES string of the molecule is CC1(C)C(/C=C/C=C/C=C2\Nc3ccc(S(=O)(=O)O)cc3C2(C)C)=Nc2ccc(S(=O)(=O)O)cc21. The number of nitrogens with zero attached hydrogens (tertiary/aromatic N) is 1. The van der Waals surface area contributed by atoms with Crippen LogP contribution in [0, 0.1) is 0 Å². The Kier molecular flexibility index (Phi) is 5.92. The number of hydrogen-bond donors (Lipinski definition) is 3. The predicted molar refractivity (Wildman–Crippen MR) is 136 cm³/mol. The molecule has 2 aromatic rings. The van der Waals surface area contributed by atoms with Gasteiger partial charge in [-0.05, 0) is 59.7 Å². The summed E-state index contributed by atoms with van der Waals surface area (Å²) in [6, 6.07) is 8.84. The first kappa shape index (κ1) is 25.1. The van der Waals surface area contributed by atoms with Crippen LogP contribution in [0.1, 0.15) is 38.8 Å². The van der Waals surface area contributed by atoms with Crippen LogP contribution in [0.4, 0.5) is 11.4 Å². The van der Waals surface area contributed by atoms with Gasteiger partial charge >= 0.3 is 0 Å². The van der Waals surface area contributed by atoms with E-state index in [0.29, 0.717) is 5.69 Å². The van der Waals surface area contributed by atoms with E-state index < -0.39 is 31.1 Å². The van der Waals surface area contributed by atoms with Crippen molar-refractivity contribution in [3.8, 4) is 0 Å². The van der Waals surface area contributed by atoms with Crippen molar-refractivity contribution in [3.05, 3.63) is 83.6 Å². The van der Waals surface area contributed by atoms with Crippen molar-refractivity contribution in [3.63, 3.8) is 0 Å². The standard InChI is InChI=1S/C25H26N2O6S2/c1-24(2)18-14-16(34(28,29)30)10-12-20(18)26-22(24)8-6-5-7-9-23-25(3,4)19-15-17(35(31,32)33)11-13-21(19)27-23/h5-15,26H,1-4H3,(H,28,29,30)(H,31,32,33)/b6-5+,9-7+,22-8-. The van der Waals surface area contributed by atoms with E-state index in [1.807, 2.05) is 58.1 Å². The van der Waals surface area contributed by atoms with E-state index in [9.17, 15) is 25.9 Å². The highest BCUT2D eigenvalue weighted by atomic mass is 32.2. The van der Waals surface area contributed by atoms with Gasteiger partial charge in [-0.25, -0.2) is 0 Å². The number of aliphatic imine (C=N–C) groups is 1. The van der Waals surface area contributed by atoms with Crippen LogP contribution >= 0.6 is 0 Å². The van der Waals surface area contributed by atoms with Crippen LogP contribution in [-0.4, -0.2) is 31.7 Å². The van der Waals surface area contributed by atoms with Crippen molar-refractivity contribution < 1.29 is 25.9 Å². The fraction of sp³-hybridized carbons (Fsp3) is 0.240. The zero-order valence-corrected chi connectivity index (χ0v) is 21.3. The molecule has 0 aliphatic carbocycles. The van der Waals surface area contributed by atoms with E-state index >= 15 is 0 Å². The molecule has 35 heavy (non-hydrogen) atoms. The Labute approximate surface area is 205 Å². The number of hydrogen-bond acceptors (Lipinski definition) is 6. The summed E-state index contributed by atoms with van der Waals surface area (Å²) in [5.74, 6) is 0. The molecule has 2 heterocycles. The van der Waals surface area contributed by atoms with Gasteiger partial charge < -0.3 is 5.32 Å². The molecule has 0 saturated heterocycles. The molecular weight excluding hydrogens is 488 g/mol. The molecule has 3 N–H and O–H groups in total. The second-order valence-electron chi connectivity index (χ2n) is 9.53. The van der Waals surface area contributed by atoms with Gasteiger partial charge in [-0.1, -0.05) is 45.9 Å². The van der Waals surface area contributed by atoms with Gasteiger partial charge in [0.1, 0.15) is 0 Å². The van der Waals surface area contributed by atoms with Crippen molar-refractivity contribution in [2.75, 3.05) is 5.32 Å². The molecule has 2 aliphatic heterocycles. The van der Waals surface area contributed by atoms with Crippen LogP contribution in [0.15, 0.2) is 87.3 Å². The molecule has 0 aromatic heterocycles. The van der Waals surface area contributed by atoms with Crippen LogP contribution in [0.3, 0.4) is 0 Å². The zero-order valence-electron chi connectivity index (χ0n) is 19.6. The average molecular weight is 515 g/mol. The lowest BCUT2D eigenvalue weighted by molar-refractivity contribution is 0.480. The molecule has 0 fully saturated rings. The third-order valence-corrected chi connectivity index (χ3v) is 8.16. The van der Waals surface area contributed by atoms with E-state index in [1.165, 1.54) is 24.3 Å². The molecule has 184 valence electrons. The normalized spacial score (nSPS) is 19.7. The van der Waals surface area contributed by atoms with Crippen LogP contribution in [0.5, 0.6) is 0 Å². The van der Waals surface area contributed by atoms with Gasteiger partial charge in [0, 0.05) is 22.2 Å². The first-order valence-electron chi connectivity index (χ1n) is 10.8. The summed E-state index contributed by atoms with van der Waals surface area (Å²) in [7, 11) is -8.59. The largest absolute Gasteiger partial charge is 0.358 e. The Morgan fingerprint density at radius 3 is 2.03 bits per heavy atom. The second kappa shape index (κ2) is 8.27. The molecule has 2 aliphatic rings. The molecule has 0 atom stereocenters. The Balaban J connectivity index is 1.52.